The van der Waals surface area contributed by atoms with Gasteiger partial charge in [-0.1, -0.05) is 13.8 Å². The minimum Gasteiger partial charge on any atom is -0.512 e. The van der Waals surface area contributed by atoms with Crippen molar-refractivity contribution in [3.8, 4) is 0 Å². The molecule has 2 atom stereocenters. The lowest BCUT2D eigenvalue weighted by Gasteiger charge is -2.21. The van der Waals surface area contributed by atoms with Gasteiger partial charge in [-0.3, -0.25) is 4.79 Å². The van der Waals surface area contributed by atoms with Crippen molar-refractivity contribution in [2.75, 3.05) is 0 Å². The third-order valence-electron chi connectivity index (χ3n) is 3.45. The van der Waals surface area contributed by atoms with E-state index in [4.69, 9.17) is 0 Å². The molecule has 0 fully saturated rings. The van der Waals surface area contributed by atoms with Crippen LogP contribution in [0.15, 0.2) is 11.3 Å². The maximum absolute atomic E-state index is 12.4. The van der Waals surface area contributed by atoms with Crippen molar-refractivity contribution in [1.82, 2.24) is 0 Å². The van der Waals surface area contributed by atoms with E-state index in [0.29, 0.717) is 0 Å². The van der Waals surface area contributed by atoms with E-state index < -0.39 is 54.1 Å². The van der Waals surface area contributed by atoms with Gasteiger partial charge in [0.2, 0.25) is 0 Å². The standard InChI is InChI=1S/C14H20F6O2/c1-4-9(6-13(15,16)17)11(21)8(3)12(22)10(5-2)7-14(18,19)20/h9-10,21H,4-7H2,1-3H3/b11-8-. The number of aliphatic hydroxyl groups is 1. The molecule has 0 saturated carbocycles. The molecule has 1 N–H and O–H groups in total. The Morgan fingerprint density at radius 2 is 1.27 bits per heavy atom. The summed E-state index contributed by atoms with van der Waals surface area (Å²) in [5, 5.41) is 9.83. The second-order valence-electron chi connectivity index (χ2n) is 5.22. The molecule has 0 aromatic heterocycles. The van der Waals surface area contributed by atoms with Gasteiger partial charge < -0.3 is 5.11 Å². The quantitative estimate of drug-likeness (QED) is 0.387. The van der Waals surface area contributed by atoms with E-state index >= 15 is 0 Å². The predicted octanol–water partition coefficient (Wildman–Crippen LogP) is 5.34. The van der Waals surface area contributed by atoms with Gasteiger partial charge in [0.25, 0.3) is 0 Å². The van der Waals surface area contributed by atoms with Gasteiger partial charge in [-0.2, -0.15) is 26.3 Å². The van der Waals surface area contributed by atoms with Gasteiger partial charge in [0.05, 0.1) is 12.8 Å². The van der Waals surface area contributed by atoms with Gasteiger partial charge in [-0.25, -0.2) is 0 Å². The van der Waals surface area contributed by atoms with Crippen LogP contribution in [0.4, 0.5) is 26.3 Å². The molecule has 0 aromatic rings. The zero-order chi connectivity index (χ0) is 17.7. The molecule has 0 heterocycles. The van der Waals surface area contributed by atoms with E-state index in [-0.39, 0.29) is 12.8 Å². The molecule has 2 unspecified atom stereocenters. The molecule has 0 rings (SSSR count). The molecule has 0 aliphatic rings. The first-order valence-corrected chi connectivity index (χ1v) is 6.89. The third-order valence-corrected chi connectivity index (χ3v) is 3.45. The van der Waals surface area contributed by atoms with Gasteiger partial charge >= 0.3 is 12.4 Å². The highest BCUT2D eigenvalue weighted by molar-refractivity contribution is 5.97. The summed E-state index contributed by atoms with van der Waals surface area (Å²) in [7, 11) is 0. The third kappa shape index (κ3) is 7.17. The van der Waals surface area contributed by atoms with Crippen molar-refractivity contribution in [3.63, 3.8) is 0 Å². The van der Waals surface area contributed by atoms with Gasteiger partial charge in [0.15, 0.2) is 5.78 Å². The van der Waals surface area contributed by atoms with Crippen LogP contribution >= 0.6 is 0 Å². The van der Waals surface area contributed by atoms with Crippen LogP contribution in [-0.4, -0.2) is 23.2 Å². The molecule has 0 aromatic carbocycles. The Morgan fingerprint density at radius 1 is 0.909 bits per heavy atom. The van der Waals surface area contributed by atoms with Crippen LogP contribution in [0.25, 0.3) is 0 Å². The van der Waals surface area contributed by atoms with Crippen molar-refractivity contribution in [1.29, 1.82) is 0 Å². The lowest BCUT2D eigenvalue weighted by Crippen LogP contribution is -2.25. The fraction of sp³-hybridized carbons (Fsp3) is 0.786. The number of hydrogen-bond donors (Lipinski definition) is 1. The van der Waals surface area contributed by atoms with E-state index in [9.17, 15) is 36.2 Å². The number of rotatable bonds is 7. The number of hydrogen-bond acceptors (Lipinski definition) is 2. The Bertz CT molecular complexity index is 409. The van der Waals surface area contributed by atoms with E-state index in [1.807, 2.05) is 0 Å². The highest BCUT2D eigenvalue weighted by Gasteiger charge is 2.37. The fourth-order valence-corrected chi connectivity index (χ4v) is 2.15. The summed E-state index contributed by atoms with van der Waals surface area (Å²) in [6, 6.07) is 0. The summed E-state index contributed by atoms with van der Waals surface area (Å²) in [6.07, 6.45) is -12.0. The number of Topliss-reactive ketones (excluding diaryl/α,β-unsaturated/α-hetero) is 1. The Kier molecular flexibility index (Phi) is 7.44. The SMILES string of the molecule is CCC(CC(F)(F)F)C(=O)/C(C)=C(\O)C(CC)CC(F)(F)F. The van der Waals surface area contributed by atoms with Crippen molar-refractivity contribution in [2.45, 2.75) is 58.8 Å². The van der Waals surface area contributed by atoms with Crippen molar-refractivity contribution in [2.24, 2.45) is 11.8 Å². The minimum absolute atomic E-state index is 0.0774. The van der Waals surface area contributed by atoms with Gasteiger partial charge in [0.1, 0.15) is 5.76 Å². The highest BCUT2D eigenvalue weighted by Crippen LogP contribution is 2.33. The van der Waals surface area contributed by atoms with Crippen LogP contribution in [0, 0.1) is 11.8 Å². The molecule has 2 nitrogen and oxygen atoms in total. The van der Waals surface area contributed by atoms with Gasteiger partial charge in [-0.15, -0.1) is 0 Å². The lowest BCUT2D eigenvalue weighted by atomic mass is 9.88. The molecule has 0 saturated heterocycles. The molecule has 0 aliphatic heterocycles. The van der Waals surface area contributed by atoms with E-state index in [1.165, 1.54) is 13.8 Å². The Balaban J connectivity index is 5.30. The number of carbonyl (C=O) groups is 1. The maximum atomic E-state index is 12.4. The van der Waals surface area contributed by atoms with Crippen LogP contribution in [0.3, 0.4) is 0 Å². The maximum Gasteiger partial charge on any atom is 0.389 e. The monoisotopic (exact) mass is 334 g/mol. The van der Waals surface area contributed by atoms with Crippen molar-refractivity contribution >= 4 is 5.78 Å². The molecular formula is C14H20F6O2. The molecular weight excluding hydrogens is 314 g/mol. The average Bonchev–Trinajstić information content (AvgIpc) is 2.37. The Hall–Kier alpha value is -1.21. The number of aliphatic hydroxyl groups excluding tert-OH is 1. The second kappa shape index (κ2) is 7.87. The molecule has 0 aliphatic carbocycles. The summed E-state index contributed by atoms with van der Waals surface area (Å²) < 4.78 is 74.3. The van der Waals surface area contributed by atoms with Crippen molar-refractivity contribution < 1.29 is 36.2 Å². The molecule has 22 heavy (non-hydrogen) atoms. The Labute approximate surface area is 125 Å². The number of carbonyl (C=O) groups excluding carboxylic acids is 1. The second-order valence-corrected chi connectivity index (χ2v) is 5.22. The van der Waals surface area contributed by atoms with Crippen LogP contribution in [0.5, 0.6) is 0 Å². The normalized spacial score (nSPS) is 17.0. The summed E-state index contributed by atoms with van der Waals surface area (Å²) in [5.74, 6) is -4.46. The average molecular weight is 334 g/mol. The fourth-order valence-electron chi connectivity index (χ4n) is 2.15. The largest absolute Gasteiger partial charge is 0.512 e. The number of allylic oxidation sites excluding steroid dienone is 2. The summed E-state index contributed by atoms with van der Waals surface area (Å²) in [6.45, 7) is 3.85. The number of alkyl halides is 6. The molecule has 0 bridgehead atoms. The first-order chi connectivity index (χ1) is 9.82. The van der Waals surface area contributed by atoms with E-state index in [1.54, 1.807) is 0 Å². The zero-order valence-electron chi connectivity index (χ0n) is 12.6. The van der Waals surface area contributed by atoms with Gasteiger partial charge in [0, 0.05) is 17.4 Å². The van der Waals surface area contributed by atoms with E-state index in [2.05, 4.69) is 0 Å². The Morgan fingerprint density at radius 3 is 1.59 bits per heavy atom. The summed E-state index contributed by atoms with van der Waals surface area (Å²) >= 11 is 0. The van der Waals surface area contributed by atoms with Crippen LogP contribution in [-0.2, 0) is 4.79 Å². The topological polar surface area (TPSA) is 37.3 Å². The van der Waals surface area contributed by atoms with E-state index in [0.717, 1.165) is 6.92 Å². The molecule has 0 amide bonds. The molecule has 8 heteroatoms. The zero-order valence-corrected chi connectivity index (χ0v) is 12.6. The summed E-state index contributed by atoms with van der Waals surface area (Å²) in [4.78, 5) is 12.0. The predicted molar refractivity (Wildman–Crippen MR) is 69.2 cm³/mol. The first kappa shape index (κ1) is 20.8. The summed E-state index contributed by atoms with van der Waals surface area (Å²) in [5.41, 5.74) is -0.424. The van der Waals surface area contributed by atoms with Crippen LogP contribution in [0.2, 0.25) is 0 Å². The smallest absolute Gasteiger partial charge is 0.389 e. The first-order valence-electron chi connectivity index (χ1n) is 6.89. The van der Waals surface area contributed by atoms with Crippen LogP contribution < -0.4 is 0 Å². The molecule has 0 spiro atoms. The minimum atomic E-state index is -4.55. The highest BCUT2D eigenvalue weighted by atomic mass is 19.4. The lowest BCUT2D eigenvalue weighted by molar-refractivity contribution is -0.152. The van der Waals surface area contributed by atoms with Gasteiger partial charge in [-0.05, 0) is 19.8 Å². The molecule has 0 radical (unpaired) electrons. The number of halogens is 6. The molecule has 130 valence electrons. The van der Waals surface area contributed by atoms with Crippen molar-refractivity contribution in [3.05, 3.63) is 11.3 Å². The van der Waals surface area contributed by atoms with Crippen LogP contribution in [0.1, 0.15) is 46.5 Å². The number of ketones is 1.